The summed E-state index contributed by atoms with van der Waals surface area (Å²) in [5.74, 6) is 0.882. The van der Waals surface area contributed by atoms with E-state index in [1.54, 1.807) is 7.11 Å². The predicted octanol–water partition coefficient (Wildman–Crippen LogP) is 4.58. The number of allylic oxidation sites excluding steroid dienone is 1. The van der Waals surface area contributed by atoms with Gasteiger partial charge in [0.15, 0.2) is 0 Å². The van der Waals surface area contributed by atoms with Gasteiger partial charge in [-0.1, -0.05) is 37.5 Å². The molecule has 20 heavy (non-hydrogen) atoms. The highest BCUT2D eigenvalue weighted by Gasteiger charge is 2.05. The van der Waals surface area contributed by atoms with E-state index in [1.807, 2.05) is 24.3 Å². The zero-order chi connectivity index (χ0) is 14.8. The van der Waals surface area contributed by atoms with Crippen molar-refractivity contribution in [1.29, 1.82) is 0 Å². The maximum absolute atomic E-state index is 5.65. The summed E-state index contributed by atoms with van der Waals surface area (Å²) in [6, 6.07) is 8.00. The molecule has 0 spiro atoms. The predicted molar refractivity (Wildman–Crippen MR) is 87.9 cm³/mol. The maximum Gasteiger partial charge on any atom is 0.118 e. The summed E-state index contributed by atoms with van der Waals surface area (Å²) < 4.78 is 10.8. The van der Waals surface area contributed by atoms with Gasteiger partial charge in [-0.3, -0.25) is 0 Å². The van der Waals surface area contributed by atoms with Crippen molar-refractivity contribution >= 4 is 8.07 Å². The van der Waals surface area contributed by atoms with E-state index in [0.29, 0.717) is 6.61 Å². The molecular weight excluding hydrogens is 264 g/mol. The van der Waals surface area contributed by atoms with Crippen molar-refractivity contribution in [3.63, 3.8) is 0 Å². The summed E-state index contributed by atoms with van der Waals surface area (Å²) in [5.41, 5.74) is 6.71. The molecule has 0 fully saturated rings. The Bertz CT molecular complexity index is 437. The molecule has 0 saturated carbocycles. The fourth-order valence-electron chi connectivity index (χ4n) is 1.59. The number of unbranched alkanes of at least 4 members (excludes halogenated alkanes) is 1. The van der Waals surface area contributed by atoms with Crippen molar-refractivity contribution in [3.05, 3.63) is 47.3 Å². The fourth-order valence-corrected chi connectivity index (χ4v) is 2.21. The minimum Gasteiger partial charge on any atom is -0.497 e. The van der Waals surface area contributed by atoms with E-state index in [0.717, 1.165) is 25.2 Å². The smallest absolute Gasteiger partial charge is 0.118 e. The lowest BCUT2D eigenvalue weighted by molar-refractivity contribution is 0.119. The van der Waals surface area contributed by atoms with E-state index in [9.17, 15) is 0 Å². The SMILES string of the molecule is COc1ccc(COCCCC=C=C[Si](C)(C)C)cc1. The number of hydrogen-bond donors (Lipinski definition) is 0. The first-order chi connectivity index (χ1) is 9.51. The third-order valence-electron chi connectivity index (χ3n) is 2.70. The fraction of sp³-hybridized carbons (Fsp3) is 0.471. The lowest BCUT2D eigenvalue weighted by Gasteiger charge is -2.05. The summed E-state index contributed by atoms with van der Waals surface area (Å²) >= 11 is 0. The van der Waals surface area contributed by atoms with Crippen molar-refractivity contribution < 1.29 is 9.47 Å². The monoisotopic (exact) mass is 290 g/mol. The molecule has 0 aliphatic carbocycles. The number of hydrogen-bond acceptors (Lipinski definition) is 2. The Labute approximate surface area is 124 Å². The number of rotatable bonds is 8. The molecule has 0 amide bonds. The molecule has 0 saturated heterocycles. The van der Waals surface area contributed by atoms with Crippen LogP contribution in [0, 0.1) is 0 Å². The first-order valence-electron chi connectivity index (χ1n) is 7.14. The maximum atomic E-state index is 5.65. The molecule has 2 nitrogen and oxygen atoms in total. The molecule has 1 rings (SSSR count). The van der Waals surface area contributed by atoms with Crippen LogP contribution in [-0.4, -0.2) is 21.8 Å². The van der Waals surface area contributed by atoms with Crippen molar-refractivity contribution in [2.24, 2.45) is 0 Å². The average Bonchev–Trinajstić information content (AvgIpc) is 2.41. The van der Waals surface area contributed by atoms with Gasteiger partial charge in [0, 0.05) is 6.61 Å². The molecule has 0 radical (unpaired) electrons. The Kier molecular flexibility index (Phi) is 7.38. The first-order valence-corrected chi connectivity index (χ1v) is 10.7. The van der Waals surface area contributed by atoms with Gasteiger partial charge in [-0.05, 0) is 36.6 Å². The third-order valence-corrected chi connectivity index (χ3v) is 3.73. The van der Waals surface area contributed by atoms with Gasteiger partial charge >= 0.3 is 0 Å². The third kappa shape index (κ3) is 8.00. The van der Waals surface area contributed by atoms with Crippen LogP contribution in [-0.2, 0) is 11.3 Å². The molecule has 0 bridgehead atoms. The van der Waals surface area contributed by atoms with E-state index in [4.69, 9.17) is 9.47 Å². The van der Waals surface area contributed by atoms with Crippen LogP contribution in [0.5, 0.6) is 5.75 Å². The van der Waals surface area contributed by atoms with E-state index in [-0.39, 0.29) is 0 Å². The topological polar surface area (TPSA) is 18.5 Å². The van der Waals surface area contributed by atoms with Gasteiger partial charge in [0.1, 0.15) is 5.75 Å². The standard InChI is InChI=1S/C17H26O2Si/c1-18-17-11-9-16(10-12-17)15-19-13-7-5-6-8-14-20(2,3)4/h6,9-12,14H,5,7,13,15H2,1-4H3. The Balaban J connectivity index is 2.14. The summed E-state index contributed by atoms with van der Waals surface area (Å²) in [6.07, 6.45) is 4.20. The van der Waals surface area contributed by atoms with Crippen LogP contribution < -0.4 is 4.74 Å². The van der Waals surface area contributed by atoms with Crippen LogP contribution in [0.4, 0.5) is 0 Å². The van der Waals surface area contributed by atoms with E-state index in [2.05, 4.69) is 37.1 Å². The highest BCUT2D eigenvalue weighted by atomic mass is 28.3. The highest BCUT2D eigenvalue weighted by Crippen LogP contribution is 2.12. The van der Waals surface area contributed by atoms with E-state index < -0.39 is 8.07 Å². The molecule has 1 aromatic rings. The minimum atomic E-state index is -1.09. The lowest BCUT2D eigenvalue weighted by atomic mass is 10.2. The van der Waals surface area contributed by atoms with Crippen LogP contribution in [0.25, 0.3) is 0 Å². The summed E-state index contributed by atoms with van der Waals surface area (Å²) in [5, 5.41) is 0. The Morgan fingerprint density at radius 1 is 1.15 bits per heavy atom. The van der Waals surface area contributed by atoms with Crippen molar-refractivity contribution in [2.45, 2.75) is 39.1 Å². The van der Waals surface area contributed by atoms with Crippen LogP contribution in [0.1, 0.15) is 18.4 Å². The van der Waals surface area contributed by atoms with Crippen molar-refractivity contribution in [2.75, 3.05) is 13.7 Å². The first kappa shape index (κ1) is 16.8. The molecule has 0 atom stereocenters. The highest BCUT2D eigenvalue weighted by molar-refractivity contribution is 6.80. The molecule has 0 aromatic heterocycles. The average molecular weight is 290 g/mol. The summed E-state index contributed by atoms with van der Waals surface area (Å²) in [6.45, 7) is 8.39. The van der Waals surface area contributed by atoms with Gasteiger partial charge in [-0.25, -0.2) is 0 Å². The van der Waals surface area contributed by atoms with Crippen molar-refractivity contribution in [3.8, 4) is 5.75 Å². The van der Waals surface area contributed by atoms with Gasteiger partial charge < -0.3 is 9.47 Å². The van der Waals surface area contributed by atoms with Crippen LogP contribution in [0.2, 0.25) is 19.6 Å². The summed E-state index contributed by atoms with van der Waals surface area (Å²) in [4.78, 5) is 0. The number of ether oxygens (including phenoxy) is 2. The second kappa shape index (κ2) is 8.80. The van der Waals surface area contributed by atoms with Crippen LogP contribution in [0.3, 0.4) is 0 Å². The lowest BCUT2D eigenvalue weighted by Crippen LogP contribution is -2.14. The quantitative estimate of drug-likeness (QED) is 0.396. The van der Waals surface area contributed by atoms with Gasteiger partial charge in [-0.2, -0.15) is 0 Å². The molecule has 0 aliphatic rings. The van der Waals surface area contributed by atoms with E-state index in [1.165, 1.54) is 5.56 Å². The number of benzene rings is 1. The van der Waals surface area contributed by atoms with Gasteiger partial charge in [0.25, 0.3) is 0 Å². The molecule has 110 valence electrons. The van der Waals surface area contributed by atoms with Crippen LogP contribution in [0.15, 0.2) is 41.8 Å². The Hall–Kier alpha value is -1.28. The summed E-state index contributed by atoms with van der Waals surface area (Å²) in [7, 11) is 0.583. The van der Waals surface area contributed by atoms with Gasteiger partial charge in [-0.15, -0.1) is 5.73 Å². The zero-order valence-electron chi connectivity index (χ0n) is 13.1. The normalized spacial score (nSPS) is 10.8. The largest absolute Gasteiger partial charge is 0.497 e. The second-order valence-corrected chi connectivity index (χ2v) is 10.9. The van der Waals surface area contributed by atoms with Crippen molar-refractivity contribution in [1.82, 2.24) is 0 Å². The molecular formula is C17H26O2Si. The molecule has 0 heterocycles. The molecule has 1 aromatic carbocycles. The minimum absolute atomic E-state index is 0.665. The molecule has 0 aliphatic heterocycles. The van der Waals surface area contributed by atoms with Crippen LogP contribution >= 0.6 is 0 Å². The zero-order valence-corrected chi connectivity index (χ0v) is 14.1. The Morgan fingerprint density at radius 2 is 1.85 bits per heavy atom. The molecule has 0 N–H and O–H groups in total. The van der Waals surface area contributed by atoms with Gasteiger partial charge in [0.2, 0.25) is 0 Å². The molecule has 3 heteroatoms. The van der Waals surface area contributed by atoms with Gasteiger partial charge in [0.05, 0.1) is 21.8 Å². The molecule has 0 unspecified atom stereocenters. The Morgan fingerprint density at radius 3 is 2.45 bits per heavy atom. The number of methoxy groups -OCH3 is 1. The second-order valence-electron chi connectivity index (χ2n) is 5.92. The van der Waals surface area contributed by atoms with E-state index >= 15 is 0 Å².